The summed E-state index contributed by atoms with van der Waals surface area (Å²) >= 11 is 5.12. The number of aliphatic hydroxyl groups is 1. The second kappa shape index (κ2) is 6.54. The van der Waals surface area contributed by atoms with Gasteiger partial charge in [0.25, 0.3) is 0 Å². The molecule has 1 aliphatic heterocycles. The Kier molecular flexibility index (Phi) is 5.03. The second-order valence-electron chi connectivity index (χ2n) is 4.47. The van der Waals surface area contributed by atoms with Crippen molar-refractivity contribution in [2.75, 3.05) is 26.2 Å². The zero-order chi connectivity index (χ0) is 13.0. The molecule has 1 atom stereocenters. The fourth-order valence-electron chi connectivity index (χ4n) is 2.06. The third-order valence-electron chi connectivity index (χ3n) is 3.11. The number of rotatable bonds is 4. The Bertz CT molecular complexity index is 411. The number of hydrogen-bond acceptors (Lipinski definition) is 3. The fourth-order valence-corrected chi connectivity index (χ4v) is 3.54. The molecule has 100 valence electrons. The Morgan fingerprint density at radius 1 is 1.61 bits per heavy atom. The van der Waals surface area contributed by atoms with E-state index < -0.39 is 0 Å². The van der Waals surface area contributed by atoms with E-state index in [1.165, 1.54) is 4.88 Å². The summed E-state index contributed by atoms with van der Waals surface area (Å²) in [6, 6.07) is 4.08. The summed E-state index contributed by atoms with van der Waals surface area (Å²) in [6.07, 6.45) is 1.76. The van der Waals surface area contributed by atoms with E-state index in [0.29, 0.717) is 13.1 Å². The average molecular weight is 333 g/mol. The lowest BCUT2D eigenvalue weighted by molar-refractivity contribution is 0.198. The quantitative estimate of drug-likeness (QED) is 0.886. The van der Waals surface area contributed by atoms with Gasteiger partial charge in [0, 0.05) is 37.0 Å². The predicted molar refractivity (Wildman–Crippen MR) is 75.9 cm³/mol. The maximum absolute atomic E-state index is 11.8. The van der Waals surface area contributed by atoms with Crippen LogP contribution in [0.5, 0.6) is 0 Å². The highest BCUT2D eigenvalue weighted by atomic mass is 79.9. The van der Waals surface area contributed by atoms with E-state index in [2.05, 4.69) is 27.3 Å². The lowest BCUT2D eigenvalue weighted by Gasteiger charge is -2.16. The SMILES string of the molecule is O=C(NCCc1ccc(Br)s1)N1CCC(CO)C1. The maximum atomic E-state index is 11.8. The molecule has 1 aliphatic rings. The number of nitrogens with zero attached hydrogens (tertiary/aromatic N) is 1. The molecule has 0 bridgehead atoms. The third-order valence-corrected chi connectivity index (χ3v) is 4.79. The Morgan fingerprint density at radius 3 is 3.06 bits per heavy atom. The molecule has 2 rings (SSSR count). The molecule has 0 spiro atoms. The number of hydrogen-bond donors (Lipinski definition) is 2. The van der Waals surface area contributed by atoms with Crippen molar-refractivity contribution in [1.82, 2.24) is 10.2 Å². The first kappa shape index (κ1) is 13.8. The van der Waals surface area contributed by atoms with E-state index in [1.807, 2.05) is 6.07 Å². The van der Waals surface area contributed by atoms with Crippen molar-refractivity contribution in [3.05, 3.63) is 20.8 Å². The van der Waals surface area contributed by atoms with Crippen LogP contribution >= 0.6 is 27.3 Å². The van der Waals surface area contributed by atoms with Crippen molar-refractivity contribution >= 4 is 33.3 Å². The highest BCUT2D eigenvalue weighted by Gasteiger charge is 2.25. The molecule has 0 aliphatic carbocycles. The van der Waals surface area contributed by atoms with E-state index in [0.717, 1.165) is 23.2 Å². The molecule has 4 nitrogen and oxygen atoms in total. The summed E-state index contributed by atoms with van der Waals surface area (Å²) in [4.78, 5) is 14.9. The zero-order valence-electron chi connectivity index (χ0n) is 10.1. The van der Waals surface area contributed by atoms with Gasteiger partial charge in [0.2, 0.25) is 0 Å². The van der Waals surface area contributed by atoms with Crippen LogP contribution in [-0.2, 0) is 6.42 Å². The first-order chi connectivity index (χ1) is 8.69. The lowest BCUT2D eigenvalue weighted by Crippen LogP contribution is -2.39. The van der Waals surface area contributed by atoms with Crippen LogP contribution < -0.4 is 5.32 Å². The van der Waals surface area contributed by atoms with Crippen LogP contribution in [0.1, 0.15) is 11.3 Å². The van der Waals surface area contributed by atoms with Gasteiger partial charge in [-0.3, -0.25) is 0 Å². The molecule has 2 amide bonds. The van der Waals surface area contributed by atoms with Gasteiger partial charge in [0.05, 0.1) is 3.79 Å². The molecule has 0 aromatic carbocycles. The predicted octanol–water partition coefficient (Wildman–Crippen LogP) is 2.08. The van der Waals surface area contributed by atoms with Crippen molar-refractivity contribution in [2.24, 2.45) is 5.92 Å². The summed E-state index contributed by atoms with van der Waals surface area (Å²) in [5, 5.41) is 12.0. The zero-order valence-corrected chi connectivity index (χ0v) is 12.5. The Morgan fingerprint density at radius 2 is 2.44 bits per heavy atom. The Labute approximate surface area is 119 Å². The van der Waals surface area contributed by atoms with Crippen molar-refractivity contribution in [3.8, 4) is 0 Å². The molecule has 18 heavy (non-hydrogen) atoms. The first-order valence-electron chi connectivity index (χ1n) is 6.07. The van der Waals surface area contributed by atoms with Crippen molar-refractivity contribution in [1.29, 1.82) is 0 Å². The van der Waals surface area contributed by atoms with E-state index in [-0.39, 0.29) is 18.6 Å². The highest BCUT2D eigenvalue weighted by molar-refractivity contribution is 9.11. The normalized spacial score (nSPS) is 19.2. The monoisotopic (exact) mass is 332 g/mol. The van der Waals surface area contributed by atoms with Crippen LogP contribution in [0.15, 0.2) is 15.9 Å². The van der Waals surface area contributed by atoms with E-state index in [9.17, 15) is 4.79 Å². The largest absolute Gasteiger partial charge is 0.396 e. The van der Waals surface area contributed by atoms with Crippen LogP contribution in [0.3, 0.4) is 0 Å². The van der Waals surface area contributed by atoms with Crippen LogP contribution in [-0.4, -0.2) is 42.3 Å². The van der Waals surface area contributed by atoms with Gasteiger partial charge in [-0.1, -0.05) is 0 Å². The molecular formula is C12H17BrN2O2S. The average Bonchev–Trinajstić information content (AvgIpc) is 2.98. The third kappa shape index (κ3) is 3.70. The fraction of sp³-hybridized carbons (Fsp3) is 0.583. The molecule has 6 heteroatoms. The van der Waals surface area contributed by atoms with Gasteiger partial charge in [-0.25, -0.2) is 4.79 Å². The number of urea groups is 1. The van der Waals surface area contributed by atoms with Gasteiger partial charge in [-0.05, 0) is 40.9 Å². The van der Waals surface area contributed by atoms with Gasteiger partial charge in [0.1, 0.15) is 0 Å². The topological polar surface area (TPSA) is 52.6 Å². The van der Waals surface area contributed by atoms with E-state index in [1.54, 1.807) is 16.2 Å². The van der Waals surface area contributed by atoms with Crippen molar-refractivity contribution < 1.29 is 9.90 Å². The summed E-state index contributed by atoms with van der Waals surface area (Å²) < 4.78 is 1.12. The smallest absolute Gasteiger partial charge is 0.317 e. The highest BCUT2D eigenvalue weighted by Crippen LogP contribution is 2.22. The van der Waals surface area contributed by atoms with Crippen LogP contribution in [0, 0.1) is 5.92 Å². The molecule has 0 saturated carbocycles. The Balaban J connectivity index is 1.69. The van der Waals surface area contributed by atoms with Crippen molar-refractivity contribution in [2.45, 2.75) is 12.8 Å². The number of thiophene rings is 1. The summed E-state index contributed by atoms with van der Waals surface area (Å²) in [7, 11) is 0. The summed E-state index contributed by atoms with van der Waals surface area (Å²) in [6.45, 7) is 2.26. The van der Waals surface area contributed by atoms with Gasteiger partial charge in [0.15, 0.2) is 0 Å². The van der Waals surface area contributed by atoms with E-state index in [4.69, 9.17) is 5.11 Å². The van der Waals surface area contributed by atoms with Crippen LogP contribution in [0.25, 0.3) is 0 Å². The maximum Gasteiger partial charge on any atom is 0.317 e. The van der Waals surface area contributed by atoms with Crippen LogP contribution in [0.2, 0.25) is 0 Å². The standard InChI is InChI=1S/C12H17BrN2O2S/c13-11-2-1-10(18-11)3-5-14-12(17)15-6-4-9(7-15)8-16/h1-2,9,16H,3-8H2,(H,14,17). The lowest BCUT2D eigenvalue weighted by atomic mass is 10.1. The number of nitrogens with one attached hydrogen (secondary N) is 1. The molecule has 1 aromatic heterocycles. The molecule has 2 N–H and O–H groups in total. The molecule has 1 saturated heterocycles. The molecule has 1 fully saturated rings. The number of carbonyl (C=O) groups excluding carboxylic acids is 1. The number of amides is 2. The molecule has 0 radical (unpaired) electrons. The number of aliphatic hydroxyl groups excluding tert-OH is 1. The molecule has 1 aromatic rings. The minimum absolute atomic E-state index is 0.0124. The van der Waals surface area contributed by atoms with E-state index >= 15 is 0 Å². The number of carbonyl (C=O) groups is 1. The summed E-state index contributed by atoms with van der Waals surface area (Å²) in [5.74, 6) is 0.254. The van der Waals surface area contributed by atoms with Gasteiger partial charge in [-0.15, -0.1) is 11.3 Å². The van der Waals surface area contributed by atoms with Gasteiger partial charge in [-0.2, -0.15) is 0 Å². The number of likely N-dealkylation sites (tertiary alicyclic amines) is 1. The first-order valence-corrected chi connectivity index (χ1v) is 7.68. The Hall–Kier alpha value is -0.590. The van der Waals surface area contributed by atoms with Gasteiger partial charge >= 0.3 is 6.03 Å². The van der Waals surface area contributed by atoms with Crippen molar-refractivity contribution in [3.63, 3.8) is 0 Å². The minimum Gasteiger partial charge on any atom is -0.396 e. The van der Waals surface area contributed by atoms with Crippen LogP contribution in [0.4, 0.5) is 4.79 Å². The second-order valence-corrected chi connectivity index (χ2v) is 7.02. The number of halogens is 1. The van der Waals surface area contributed by atoms with Gasteiger partial charge < -0.3 is 15.3 Å². The summed E-state index contributed by atoms with van der Waals surface area (Å²) in [5.41, 5.74) is 0. The molecular weight excluding hydrogens is 316 g/mol. The minimum atomic E-state index is -0.0124. The molecule has 2 heterocycles. The molecule has 1 unspecified atom stereocenters.